The number of carbonyl (C=O) groups excluding carboxylic acids is 1. The molecule has 0 bridgehead atoms. The Bertz CT molecular complexity index is 622. The van der Waals surface area contributed by atoms with E-state index in [0.29, 0.717) is 31.2 Å². The standard InChI is InChI=1S/C18H25N3O3/c1-13(2)16-11-17(24-19-16)18(23)21-8-6-20(7-9-21)12-14-4-3-5-15(22)10-14/h3-5,10,13,17,22H,6-9,11-12H2,1-2H3/t17-/m1/s1. The molecule has 24 heavy (non-hydrogen) atoms. The molecule has 0 radical (unpaired) electrons. The first-order valence-electron chi connectivity index (χ1n) is 8.54. The van der Waals surface area contributed by atoms with Gasteiger partial charge in [0.05, 0.1) is 5.71 Å². The minimum Gasteiger partial charge on any atom is -0.508 e. The van der Waals surface area contributed by atoms with Crippen LogP contribution in [0.4, 0.5) is 0 Å². The van der Waals surface area contributed by atoms with E-state index >= 15 is 0 Å². The molecule has 130 valence electrons. The first kappa shape index (κ1) is 16.8. The topological polar surface area (TPSA) is 65.4 Å². The quantitative estimate of drug-likeness (QED) is 0.914. The first-order valence-corrected chi connectivity index (χ1v) is 8.54. The number of oxime groups is 1. The second kappa shape index (κ2) is 7.21. The van der Waals surface area contributed by atoms with Crippen LogP contribution in [0, 0.1) is 5.92 Å². The van der Waals surface area contributed by atoms with Crippen molar-refractivity contribution in [3.05, 3.63) is 29.8 Å². The van der Waals surface area contributed by atoms with E-state index < -0.39 is 6.10 Å². The van der Waals surface area contributed by atoms with Crippen LogP contribution in [0.3, 0.4) is 0 Å². The lowest BCUT2D eigenvalue weighted by Gasteiger charge is -2.35. The Morgan fingerprint density at radius 3 is 2.71 bits per heavy atom. The monoisotopic (exact) mass is 331 g/mol. The summed E-state index contributed by atoms with van der Waals surface area (Å²) in [5.41, 5.74) is 2.06. The molecule has 6 heteroatoms. The number of rotatable bonds is 4. The van der Waals surface area contributed by atoms with E-state index in [2.05, 4.69) is 23.9 Å². The third-order valence-corrected chi connectivity index (χ3v) is 4.63. The van der Waals surface area contributed by atoms with Crippen molar-refractivity contribution in [2.45, 2.75) is 32.9 Å². The lowest BCUT2D eigenvalue weighted by molar-refractivity contribution is -0.143. The molecule has 1 saturated heterocycles. The van der Waals surface area contributed by atoms with Crippen molar-refractivity contribution in [3.8, 4) is 5.75 Å². The summed E-state index contributed by atoms with van der Waals surface area (Å²) in [4.78, 5) is 22.1. The van der Waals surface area contributed by atoms with E-state index in [1.54, 1.807) is 12.1 Å². The minimum atomic E-state index is -0.444. The minimum absolute atomic E-state index is 0.0476. The number of hydrogen-bond donors (Lipinski definition) is 1. The van der Waals surface area contributed by atoms with Gasteiger partial charge in [0.25, 0.3) is 5.91 Å². The van der Waals surface area contributed by atoms with Crippen LogP contribution in [-0.2, 0) is 16.2 Å². The van der Waals surface area contributed by atoms with Gasteiger partial charge in [-0.1, -0.05) is 31.1 Å². The number of amides is 1. The van der Waals surface area contributed by atoms with Gasteiger partial charge in [-0.2, -0.15) is 0 Å². The van der Waals surface area contributed by atoms with E-state index in [1.807, 2.05) is 17.0 Å². The van der Waals surface area contributed by atoms with Gasteiger partial charge >= 0.3 is 0 Å². The Labute approximate surface area is 142 Å². The number of hydrogen-bond acceptors (Lipinski definition) is 5. The summed E-state index contributed by atoms with van der Waals surface area (Å²) in [7, 11) is 0. The van der Waals surface area contributed by atoms with Gasteiger partial charge in [-0.05, 0) is 23.6 Å². The molecule has 0 unspecified atom stereocenters. The molecule has 2 aliphatic heterocycles. The molecule has 0 aromatic heterocycles. The zero-order valence-electron chi connectivity index (χ0n) is 14.3. The second-order valence-electron chi connectivity index (χ2n) is 6.81. The number of phenols is 1. The molecule has 3 rings (SSSR count). The van der Waals surface area contributed by atoms with Crippen molar-refractivity contribution in [1.82, 2.24) is 9.80 Å². The van der Waals surface area contributed by atoms with Gasteiger partial charge in [0.2, 0.25) is 6.10 Å². The molecule has 1 aromatic carbocycles. The molecule has 1 atom stereocenters. The number of piperazine rings is 1. The smallest absolute Gasteiger partial charge is 0.266 e. The lowest BCUT2D eigenvalue weighted by Crippen LogP contribution is -2.51. The maximum absolute atomic E-state index is 12.6. The summed E-state index contributed by atoms with van der Waals surface area (Å²) in [5, 5.41) is 13.6. The highest BCUT2D eigenvalue weighted by Gasteiger charge is 2.33. The van der Waals surface area contributed by atoms with Crippen LogP contribution in [-0.4, -0.2) is 58.8 Å². The van der Waals surface area contributed by atoms with Crippen molar-refractivity contribution < 1.29 is 14.7 Å². The van der Waals surface area contributed by atoms with Crippen molar-refractivity contribution in [2.75, 3.05) is 26.2 Å². The average Bonchev–Trinajstić information content (AvgIpc) is 3.05. The Kier molecular flexibility index (Phi) is 5.04. The van der Waals surface area contributed by atoms with Gasteiger partial charge in [0.1, 0.15) is 5.75 Å². The fourth-order valence-electron chi connectivity index (χ4n) is 3.11. The van der Waals surface area contributed by atoms with Crippen LogP contribution in [0.1, 0.15) is 25.8 Å². The van der Waals surface area contributed by atoms with E-state index in [9.17, 15) is 9.90 Å². The fraction of sp³-hybridized carbons (Fsp3) is 0.556. The number of phenolic OH excluding ortho intramolecular Hbond substituents is 1. The molecule has 0 spiro atoms. The predicted molar refractivity (Wildman–Crippen MR) is 91.7 cm³/mol. The fourth-order valence-corrected chi connectivity index (χ4v) is 3.11. The summed E-state index contributed by atoms with van der Waals surface area (Å²) in [5.74, 6) is 0.661. The van der Waals surface area contributed by atoms with Gasteiger partial charge in [-0.3, -0.25) is 9.69 Å². The van der Waals surface area contributed by atoms with Gasteiger partial charge in [0.15, 0.2) is 0 Å². The number of carbonyl (C=O) groups is 1. The van der Waals surface area contributed by atoms with Crippen LogP contribution < -0.4 is 0 Å². The highest BCUT2D eigenvalue weighted by molar-refractivity contribution is 5.93. The van der Waals surface area contributed by atoms with E-state index in [0.717, 1.165) is 30.9 Å². The maximum Gasteiger partial charge on any atom is 0.266 e. The molecule has 1 amide bonds. The molecule has 6 nitrogen and oxygen atoms in total. The Morgan fingerprint density at radius 1 is 1.33 bits per heavy atom. The van der Waals surface area contributed by atoms with Crippen LogP contribution in [0.25, 0.3) is 0 Å². The molecule has 2 heterocycles. The largest absolute Gasteiger partial charge is 0.508 e. The highest BCUT2D eigenvalue weighted by atomic mass is 16.6. The highest BCUT2D eigenvalue weighted by Crippen LogP contribution is 2.19. The third kappa shape index (κ3) is 3.87. The normalized spacial score (nSPS) is 21.7. The predicted octanol–water partition coefficient (Wildman–Crippen LogP) is 1.84. The van der Waals surface area contributed by atoms with Crippen LogP contribution in [0.5, 0.6) is 5.75 Å². The van der Waals surface area contributed by atoms with E-state index in [-0.39, 0.29) is 5.91 Å². The summed E-state index contributed by atoms with van der Waals surface area (Å²) in [6, 6.07) is 7.33. The van der Waals surface area contributed by atoms with Gasteiger partial charge in [-0.15, -0.1) is 0 Å². The second-order valence-corrected chi connectivity index (χ2v) is 6.81. The molecule has 2 aliphatic rings. The van der Waals surface area contributed by atoms with E-state index in [4.69, 9.17) is 4.84 Å². The molecular formula is C18H25N3O3. The number of benzene rings is 1. The maximum atomic E-state index is 12.6. The van der Waals surface area contributed by atoms with Crippen molar-refractivity contribution in [3.63, 3.8) is 0 Å². The first-order chi connectivity index (χ1) is 11.5. The Hall–Kier alpha value is -2.08. The molecule has 1 aromatic rings. The summed E-state index contributed by atoms with van der Waals surface area (Å²) < 4.78 is 0. The summed E-state index contributed by atoms with van der Waals surface area (Å²) in [6.07, 6.45) is 0.167. The molecule has 1 fully saturated rings. The summed E-state index contributed by atoms with van der Waals surface area (Å²) in [6.45, 7) is 7.97. The third-order valence-electron chi connectivity index (χ3n) is 4.63. The zero-order valence-corrected chi connectivity index (χ0v) is 14.3. The van der Waals surface area contributed by atoms with Crippen LogP contribution in [0.15, 0.2) is 29.4 Å². The Balaban J connectivity index is 1.48. The van der Waals surface area contributed by atoms with Crippen LogP contribution in [0.2, 0.25) is 0 Å². The SMILES string of the molecule is CC(C)C1=NO[C@@H](C(=O)N2CCN(Cc3cccc(O)c3)CC2)C1. The van der Waals surface area contributed by atoms with Gasteiger partial charge < -0.3 is 14.8 Å². The zero-order chi connectivity index (χ0) is 17.1. The number of aromatic hydroxyl groups is 1. The molecule has 1 N–H and O–H groups in total. The average molecular weight is 331 g/mol. The van der Waals surface area contributed by atoms with Crippen molar-refractivity contribution in [1.29, 1.82) is 0 Å². The van der Waals surface area contributed by atoms with Crippen LogP contribution >= 0.6 is 0 Å². The molecule has 0 aliphatic carbocycles. The van der Waals surface area contributed by atoms with Gasteiger partial charge in [0, 0.05) is 39.1 Å². The molecular weight excluding hydrogens is 306 g/mol. The molecule has 0 saturated carbocycles. The summed E-state index contributed by atoms with van der Waals surface area (Å²) >= 11 is 0. The lowest BCUT2D eigenvalue weighted by atomic mass is 10.0. The Morgan fingerprint density at radius 2 is 2.08 bits per heavy atom. The van der Waals surface area contributed by atoms with E-state index in [1.165, 1.54) is 0 Å². The van der Waals surface area contributed by atoms with Crippen molar-refractivity contribution >= 4 is 11.6 Å². The number of nitrogens with zero attached hydrogens (tertiary/aromatic N) is 3. The van der Waals surface area contributed by atoms with Crippen molar-refractivity contribution in [2.24, 2.45) is 11.1 Å². The van der Waals surface area contributed by atoms with Gasteiger partial charge in [-0.25, -0.2) is 0 Å².